The van der Waals surface area contributed by atoms with Crippen molar-refractivity contribution in [3.63, 3.8) is 0 Å². The Morgan fingerprint density at radius 2 is 1.69 bits per heavy atom. The van der Waals surface area contributed by atoms with Gasteiger partial charge in [-0.2, -0.15) is 0 Å². The lowest BCUT2D eigenvalue weighted by Crippen LogP contribution is -2.62. The summed E-state index contributed by atoms with van der Waals surface area (Å²) in [5, 5.41) is 0. The number of nitrogens with zero attached hydrogens (tertiary/aromatic N) is 3. The SMILES string of the molecule is CCn1c(C)ccc(C(=O)N2CCN(C(C)=O)[C@@H]3CS(=O)(=O)C[C@@H]32)c1=O. The normalized spacial score (nSPS) is 24.4. The summed E-state index contributed by atoms with van der Waals surface area (Å²) in [5.41, 5.74) is 0.428. The predicted molar refractivity (Wildman–Crippen MR) is 95.8 cm³/mol. The summed E-state index contributed by atoms with van der Waals surface area (Å²) in [6.07, 6.45) is 0. The summed E-state index contributed by atoms with van der Waals surface area (Å²) in [7, 11) is -3.34. The maximum Gasteiger partial charge on any atom is 0.263 e. The molecule has 2 saturated heterocycles. The molecule has 2 aliphatic heterocycles. The van der Waals surface area contributed by atoms with Crippen molar-refractivity contribution in [2.24, 2.45) is 0 Å². The van der Waals surface area contributed by atoms with E-state index in [1.807, 2.05) is 6.92 Å². The summed E-state index contributed by atoms with van der Waals surface area (Å²) < 4.78 is 25.8. The fourth-order valence-electron chi connectivity index (χ4n) is 3.98. The van der Waals surface area contributed by atoms with Gasteiger partial charge in [-0.15, -0.1) is 0 Å². The maximum atomic E-state index is 13.0. The third kappa shape index (κ3) is 3.04. The molecule has 0 aliphatic carbocycles. The largest absolute Gasteiger partial charge is 0.335 e. The second kappa shape index (κ2) is 6.53. The van der Waals surface area contributed by atoms with Gasteiger partial charge in [0.1, 0.15) is 5.56 Å². The molecule has 0 unspecified atom stereocenters. The standard InChI is InChI=1S/C17H23N3O5S/c1-4-18-11(2)5-6-13(16(18)22)17(23)20-8-7-19(12(3)21)14-9-26(24,25)10-15(14)20/h5-6,14-15H,4,7-10H2,1-3H3/t14-,15+/m1/s1. The zero-order valence-electron chi connectivity index (χ0n) is 15.1. The second-order valence-corrected chi connectivity index (χ2v) is 9.01. The van der Waals surface area contributed by atoms with Gasteiger partial charge < -0.3 is 14.4 Å². The van der Waals surface area contributed by atoms with Gasteiger partial charge in [-0.05, 0) is 26.0 Å². The van der Waals surface area contributed by atoms with Gasteiger partial charge in [-0.3, -0.25) is 14.4 Å². The topological polar surface area (TPSA) is 96.8 Å². The average molecular weight is 381 g/mol. The first-order valence-corrected chi connectivity index (χ1v) is 10.5. The summed E-state index contributed by atoms with van der Waals surface area (Å²) in [6.45, 7) is 5.96. The number of hydrogen-bond donors (Lipinski definition) is 0. The van der Waals surface area contributed by atoms with Crippen molar-refractivity contribution in [1.82, 2.24) is 14.4 Å². The zero-order chi connectivity index (χ0) is 19.2. The molecule has 2 fully saturated rings. The molecule has 0 radical (unpaired) electrons. The Bertz CT molecular complexity index is 921. The van der Waals surface area contributed by atoms with Gasteiger partial charge in [0.05, 0.1) is 23.6 Å². The molecule has 1 aromatic heterocycles. The summed E-state index contributed by atoms with van der Waals surface area (Å²) >= 11 is 0. The number of sulfone groups is 1. The van der Waals surface area contributed by atoms with E-state index in [1.54, 1.807) is 13.0 Å². The van der Waals surface area contributed by atoms with Crippen LogP contribution in [0.5, 0.6) is 0 Å². The number of carbonyl (C=O) groups is 2. The van der Waals surface area contributed by atoms with E-state index < -0.39 is 27.8 Å². The molecule has 2 atom stereocenters. The fraction of sp³-hybridized carbons (Fsp3) is 0.588. The molecule has 0 aromatic carbocycles. The lowest BCUT2D eigenvalue weighted by Gasteiger charge is -2.43. The van der Waals surface area contributed by atoms with Crippen LogP contribution in [0.2, 0.25) is 0 Å². The van der Waals surface area contributed by atoms with E-state index in [4.69, 9.17) is 0 Å². The van der Waals surface area contributed by atoms with Crippen LogP contribution >= 0.6 is 0 Å². The summed E-state index contributed by atoms with van der Waals surface area (Å²) in [5.74, 6) is -0.991. The molecule has 1 aromatic rings. The van der Waals surface area contributed by atoms with Crippen molar-refractivity contribution in [1.29, 1.82) is 0 Å². The number of fused-ring (bicyclic) bond motifs is 1. The smallest absolute Gasteiger partial charge is 0.263 e. The molecule has 9 heteroatoms. The highest BCUT2D eigenvalue weighted by Gasteiger charge is 2.49. The molecule has 3 rings (SSSR count). The molecule has 142 valence electrons. The van der Waals surface area contributed by atoms with E-state index in [0.717, 1.165) is 5.69 Å². The number of amides is 2. The van der Waals surface area contributed by atoms with Gasteiger partial charge in [-0.25, -0.2) is 8.42 Å². The van der Waals surface area contributed by atoms with Gasteiger partial charge in [0, 0.05) is 32.3 Å². The monoisotopic (exact) mass is 381 g/mol. The van der Waals surface area contributed by atoms with E-state index >= 15 is 0 Å². The van der Waals surface area contributed by atoms with Crippen LogP contribution in [0.1, 0.15) is 29.9 Å². The van der Waals surface area contributed by atoms with E-state index in [2.05, 4.69) is 0 Å². The Labute approximate surface area is 152 Å². The van der Waals surface area contributed by atoms with Crippen molar-refractivity contribution < 1.29 is 18.0 Å². The van der Waals surface area contributed by atoms with E-state index in [9.17, 15) is 22.8 Å². The lowest BCUT2D eigenvalue weighted by atomic mass is 10.0. The zero-order valence-corrected chi connectivity index (χ0v) is 16.0. The van der Waals surface area contributed by atoms with Gasteiger partial charge in [0.25, 0.3) is 11.5 Å². The maximum absolute atomic E-state index is 13.0. The number of aryl methyl sites for hydroxylation is 1. The molecule has 2 amide bonds. The molecule has 2 aliphatic rings. The molecule has 3 heterocycles. The van der Waals surface area contributed by atoms with Gasteiger partial charge in [0.2, 0.25) is 5.91 Å². The van der Waals surface area contributed by atoms with Crippen molar-refractivity contribution in [3.8, 4) is 0 Å². The number of piperazine rings is 1. The molecule has 26 heavy (non-hydrogen) atoms. The molecule has 8 nitrogen and oxygen atoms in total. The Kier molecular flexibility index (Phi) is 4.68. The lowest BCUT2D eigenvalue weighted by molar-refractivity contribution is -0.133. The number of carbonyl (C=O) groups excluding carboxylic acids is 2. The molecule has 0 bridgehead atoms. The van der Waals surface area contributed by atoms with Crippen LogP contribution in [-0.4, -0.2) is 71.3 Å². The molecular formula is C17H23N3O5S. The van der Waals surface area contributed by atoms with Gasteiger partial charge in [0.15, 0.2) is 9.84 Å². The Balaban J connectivity index is 1.98. The minimum Gasteiger partial charge on any atom is -0.335 e. The fourth-order valence-corrected chi connectivity index (χ4v) is 5.96. The van der Waals surface area contributed by atoms with Crippen LogP contribution in [0, 0.1) is 6.92 Å². The number of pyridine rings is 1. The minimum atomic E-state index is -3.34. The highest BCUT2D eigenvalue weighted by Crippen LogP contribution is 2.28. The Morgan fingerprint density at radius 3 is 2.27 bits per heavy atom. The first-order valence-electron chi connectivity index (χ1n) is 8.65. The van der Waals surface area contributed by atoms with Crippen molar-refractivity contribution in [2.75, 3.05) is 24.6 Å². The van der Waals surface area contributed by atoms with Crippen LogP contribution in [0.25, 0.3) is 0 Å². The van der Waals surface area contributed by atoms with E-state index in [0.29, 0.717) is 6.54 Å². The predicted octanol–water partition coefficient (Wildman–Crippen LogP) is -0.353. The van der Waals surface area contributed by atoms with Crippen molar-refractivity contribution >= 4 is 21.7 Å². The number of hydrogen-bond acceptors (Lipinski definition) is 5. The van der Waals surface area contributed by atoms with Crippen LogP contribution in [0.15, 0.2) is 16.9 Å². The van der Waals surface area contributed by atoms with Crippen LogP contribution in [0.4, 0.5) is 0 Å². The van der Waals surface area contributed by atoms with Gasteiger partial charge in [-0.1, -0.05) is 0 Å². The molecular weight excluding hydrogens is 358 g/mol. The van der Waals surface area contributed by atoms with Crippen LogP contribution < -0.4 is 5.56 Å². The van der Waals surface area contributed by atoms with Crippen molar-refractivity contribution in [2.45, 2.75) is 39.4 Å². The minimum absolute atomic E-state index is 0.0387. The summed E-state index contributed by atoms with van der Waals surface area (Å²) in [6, 6.07) is 2.06. The highest BCUT2D eigenvalue weighted by molar-refractivity contribution is 7.91. The average Bonchev–Trinajstić information content (AvgIpc) is 2.88. The Morgan fingerprint density at radius 1 is 1.12 bits per heavy atom. The Hall–Kier alpha value is -2.16. The quantitative estimate of drug-likeness (QED) is 0.697. The number of rotatable bonds is 2. The second-order valence-electron chi connectivity index (χ2n) is 6.86. The van der Waals surface area contributed by atoms with Crippen LogP contribution in [-0.2, 0) is 21.2 Å². The van der Waals surface area contributed by atoms with E-state index in [-0.39, 0.29) is 41.6 Å². The highest BCUT2D eigenvalue weighted by atomic mass is 32.2. The third-order valence-corrected chi connectivity index (χ3v) is 6.98. The first kappa shape index (κ1) is 18.6. The first-order chi connectivity index (χ1) is 12.2. The molecule has 0 N–H and O–H groups in total. The van der Waals surface area contributed by atoms with Gasteiger partial charge >= 0.3 is 0 Å². The van der Waals surface area contributed by atoms with Crippen molar-refractivity contribution in [3.05, 3.63) is 33.7 Å². The number of aromatic nitrogens is 1. The third-order valence-electron chi connectivity index (χ3n) is 5.28. The molecule has 0 spiro atoms. The van der Waals surface area contributed by atoms with E-state index in [1.165, 1.54) is 27.4 Å². The molecule has 0 saturated carbocycles. The summed E-state index contributed by atoms with van der Waals surface area (Å²) in [4.78, 5) is 40.5. The van der Waals surface area contributed by atoms with Crippen LogP contribution in [0.3, 0.4) is 0 Å².